The minimum atomic E-state index is -0.132. The molecule has 2 aromatic heterocycles. The maximum Gasteiger partial charge on any atom is 0.174 e. The third kappa shape index (κ3) is 5.98. The van der Waals surface area contributed by atoms with Crippen LogP contribution in [0.4, 0.5) is 11.4 Å². The van der Waals surface area contributed by atoms with Gasteiger partial charge in [-0.25, -0.2) is 0 Å². The first-order valence-electron chi connectivity index (χ1n) is 15.4. The Bertz CT molecular complexity index is 1750. The normalized spacial score (nSPS) is 16.0. The van der Waals surface area contributed by atoms with Gasteiger partial charge < -0.3 is 29.2 Å². The van der Waals surface area contributed by atoms with Crippen molar-refractivity contribution in [3.63, 3.8) is 0 Å². The van der Waals surface area contributed by atoms with Crippen molar-refractivity contribution in [2.75, 3.05) is 30.0 Å². The highest BCUT2D eigenvalue weighted by Gasteiger charge is 2.42. The molecular weight excluding hydrogens is 579 g/mol. The van der Waals surface area contributed by atoms with E-state index in [1.54, 1.807) is 7.11 Å². The second-order valence-corrected chi connectivity index (χ2v) is 11.5. The first-order valence-corrected chi connectivity index (χ1v) is 15.8. The summed E-state index contributed by atoms with van der Waals surface area (Å²) in [6.45, 7) is 10.7. The van der Waals surface area contributed by atoms with Crippen molar-refractivity contribution in [1.82, 2.24) is 14.9 Å². The number of nitrogens with one attached hydrogen (secondary N) is 1. The number of rotatable bonds is 10. The average molecular weight is 618 g/mol. The third-order valence-electron chi connectivity index (χ3n) is 8.53. The van der Waals surface area contributed by atoms with E-state index in [2.05, 4.69) is 95.9 Å². The molecule has 0 radical (unpaired) electrons. The summed E-state index contributed by atoms with van der Waals surface area (Å²) in [6.07, 6.45) is 1.84. The SMILES string of the molecule is CCN(CC)c1ccc(-n2c(C)cc([C@@H]3[C@@H](c4ccccn4)NC(=S)N3c3ccc(Oc4ccc(OC)cc4)cc3)c2C)cc1. The first kappa shape index (κ1) is 30.2. The lowest BCUT2D eigenvalue weighted by Gasteiger charge is -2.28. The maximum atomic E-state index is 6.11. The third-order valence-corrected chi connectivity index (χ3v) is 8.85. The van der Waals surface area contributed by atoms with E-state index in [9.17, 15) is 0 Å². The summed E-state index contributed by atoms with van der Waals surface area (Å²) in [4.78, 5) is 9.31. The molecule has 230 valence electrons. The molecule has 6 rings (SSSR count). The van der Waals surface area contributed by atoms with Gasteiger partial charge in [-0.1, -0.05) is 6.07 Å². The number of methoxy groups -OCH3 is 1. The summed E-state index contributed by atoms with van der Waals surface area (Å²) in [7, 11) is 1.65. The molecule has 5 aromatic rings. The number of ether oxygens (including phenoxy) is 2. The zero-order valence-electron chi connectivity index (χ0n) is 26.4. The van der Waals surface area contributed by atoms with E-state index < -0.39 is 0 Å². The Hall–Kier alpha value is -4.82. The number of hydrogen-bond acceptors (Lipinski definition) is 5. The lowest BCUT2D eigenvalue weighted by Crippen LogP contribution is -2.29. The molecule has 45 heavy (non-hydrogen) atoms. The molecule has 8 heteroatoms. The van der Waals surface area contributed by atoms with Crippen molar-refractivity contribution < 1.29 is 9.47 Å². The van der Waals surface area contributed by atoms with Gasteiger partial charge in [-0.2, -0.15) is 0 Å². The molecule has 0 amide bonds. The Morgan fingerprint density at radius 2 is 1.44 bits per heavy atom. The van der Waals surface area contributed by atoms with Crippen molar-refractivity contribution in [2.45, 2.75) is 39.8 Å². The van der Waals surface area contributed by atoms with Crippen molar-refractivity contribution in [2.24, 2.45) is 0 Å². The maximum absolute atomic E-state index is 6.11. The Morgan fingerprint density at radius 3 is 2.04 bits per heavy atom. The molecule has 1 fully saturated rings. The molecule has 3 aromatic carbocycles. The predicted octanol–water partition coefficient (Wildman–Crippen LogP) is 8.31. The summed E-state index contributed by atoms with van der Waals surface area (Å²) in [5.41, 5.74) is 7.83. The highest BCUT2D eigenvalue weighted by Crippen LogP contribution is 2.44. The van der Waals surface area contributed by atoms with Gasteiger partial charge in [0.1, 0.15) is 17.2 Å². The molecule has 0 unspecified atom stereocenters. The van der Waals surface area contributed by atoms with Crippen molar-refractivity contribution >= 4 is 28.7 Å². The van der Waals surface area contributed by atoms with Gasteiger partial charge >= 0.3 is 0 Å². The fourth-order valence-corrected chi connectivity index (χ4v) is 6.64. The van der Waals surface area contributed by atoms with Crippen LogP contribution in [0.15, 0.2) is 103 Å². The van der Waals surface area contributed by atoms with Crippen LogP contribution < -0.4 is 24.6 Å². The quantitative estimate of drug-likeness (QED) is 0.158. The summed E-state index contributed by atoms with van der Waals surface area (Å²) in [5.74, 6) is 2.27. The van der Waals surface area contributed by atoms with E-state index in [1.807, 2.05) is 54.7 Å². The van der Waals surface area contributed by atoms with E-state index in [4.69, 9.17) is 26.7 Å². The van der Waals surface area contributed by atoms with Crippen molar-refractivity contribution in [3.05, 3.63) is 126 Å². The molecule has 2 atom stereocenters. The van der Waals surface area contributed by atoms with Gasteiger partial charge in [0.2, 0.25) is 0 Å². The van der Waals surface area contributed by atoms with Gasteiger partial charge in [0.25, 0.3) is 0 Å². The molecular formula is C37H39N5O2S. The van der Waals surface area contributed by atoms with E-state index in [0.29, 0.717) is 5.11 Å². The topological polar surface area (TPSA) is 54.8 Å². The molecule has 0 spiro atoms. The van der Waals surface area contributed by atoms with Gasteiger partial charge in [-0.3, -0.25) is 4.98 Å². The summed E-state index contributed by atoms with van der Waals surface area (Å²) < 4.78 is 13.7. The number of pyridine rings is 1. The molecule has 1 aliphatic heterocycles. The van der Waals surface area contributed by atoms with Crippen molar-refractivity contribution in [1.29, 1.82) is 0 Å². The molecule has 0 bridgehead atoms. The fraction of sp³-hybridized carbons (Fsp3) is 0.243. The van der Waals surface area contributed by atoms with Crippen LogP contribution in [-0.4, -0.2) is 34.9 Å². The molecule has 1 saturated heterocycles. The highest BCUT2D eigenvalue weighted by atomic mass is 32.1. The Morgan fingerprint density at radius 1 is 0.822 bits per heavy atom. The van der Waals surface area contributed by atoms with Gasteiger partial charge in [0.05, 0.1) is 24.9 Å². The molecule has 3 heterocycles. The number of nitrogens with zero attached hydrogens (tertiary/aromatic N) is 4. The number of anilines is 2. The molecule has 1 aliphatic rings. The van der Waals surface area contributed by atoms with Gasteiger partial charge in [0, 0.05) is 47.7 Å². The Balaban J connectivity index is 1.36. The van der Waals surface area contributed by atoms with Crippen LogP contribution in [-0.2, 0) is 0 Å². The van der Waals surface area contributed by atoms with E-state index in [1.165, 1.54) is 22.6 Å². The Kier molecular flexibility index (Phi) is 8.76. The summed E-state index contributed by atoms with van der Waals surface area (Å²) >= 11 is 6.01. The van der Waals surface area contributed by atoms with Crippen LogP contribution in [0.3, 0.4) is 0 Å². The zero-order chi connectivity index (χ0) is 31.5. The van der Waals surface area contributed by atoms with Crippen LogP contribution in [0.1, 0.15) is 48.6 Å². The van der Waals surface area contributed by atoms with Crippen LogP contribution in [0.5, 0.6) is 17.2 Å². The van der Waals surface area contributed by atoms with Crippen LogP contribution in [0.25, 0.3) is 5.69 Å². The number of aryl methyl sites for hydroxylation is 1. The second-order valence-electron chi connectivity index (χ2n) is 11.1. The van der Waals surface area contributed by atoms with Crippen LogP contribution in [0, 0.1) is 13.8 Å². The van der Waals surface area contributed by atoms with Gasteiger partial charge in [-0.15, -0.1) is 0 Å². The standard InChI is InChI=1S/C37H39N5O2S/c1-6-40(7-2)27-11-13-28(14-12-27)41-25(3)24-33(26(41)4)36-35(34-10-8-9-23-38-34)39-37(45)42(36)29-15-17-31(18-16-29)44-32-21-19-30(43-5)20-22-32/h8-24,35-36H,6-7H2,1-5H3,(H,39,45)/t35-,36-/m1/s1. The minimum Gasteiger partial charge on any atom is -0.497 e. The first-order chi connectivity index (χ1) is 21.9. The Labute approximate surface area is 271 Å². The van der Waals surface area contributed by atoms with Crippen molar-refractivity contribution in [3.8, 4) is 22.9 Å². The number of thiocarbonyl (C=S) groups is 1. The van der Waals surface area contributed by atoms with E-state index in [-0.39, 0.29) is 12.1 Å². The zero-order valence-corrected chi connectivity index (χ0v) is 27.2. The van der Waals surface area contributed by atoms with E-state index in [0.717, 1.165) is 47.4 Å². The smallest absolute Gasteiger partial charge is 0.174 e. The minimum absolute atomic E-state index is 0.115. The monoisotopic (exact) mass is 617 g/mol. The number of benzene rings is 3. The molecule has 7 nitrogen and oxygen atoms in total. The second kappa shape index (κ2) is 13.0. The van der Waals surface area contributed by atoms with Gasteiger partial charge in [0.15, 0.2) is 5.11 Å². The lowest BCUT2D eigenvalue weighted by atomic mass is 9.96. The summed E-state index contributed by atoms with van der Waals surface area (Å²) in [6, 6.07) is 32.6. The van der Waals surface area contributed by atoms with Crippen LogP contribution in [0.2, 0.25) is 0 Å². The molecule has 0 saturated carbocycles. The fourth-order valence-electron chi connectivity index (χ4n) is 6.29. The number of aromatic nitrogens is 2. The average Bonchev–Trinajstić information content (AvgIpc) is 3.57. The largest absolute Gasteiger partial charge is 0.497 e. The van der Waals surface area contributed by atoms with E-state index >= 15 is 0 Å². The summed E-state index contributed by atoms with van der Waals surface area (Å²) in [5, 5.41) is 4.26. The van der Waals surface area contributed by atoms with Gasteiger partial charge in [-0.05, 0) is 136 Å². The predicted molar refractivity (Wildman–Crippen MR) is 186 cm³/mol. The molecule has 0 aliphatic carbocycles. The van der Waals surface area contributed by atoms with Crippen LogP contribution >= 0.6 is 12.2 Å². The lowest BCUT2D eigenvalue weighted by molar-refractivity contribution is 0.413. The highest BCUT2D eigenvalue weighted by molar-refractivity contribution is 7.80. The number of hydrogen-bond donors (Lipinski definition) is 1. The molecule has 1 N–H and O–H groups in total.